The van der Waals surface area contributed by atoms with Crippen LogP contribution in [0.15, 0.2) is 34.8 Å². The van der Waals surface area contributed by atoms with Gasteiger partial charge in [-0.25, -0.2) is 4.98 Å². The van der Waals surface area contributed by atoms with Gasteiger partial charge in [-0.3, -0.25) is 4.99 Å². The zero-order valence-corrected chi connectivity index (χ0v) is 16.5. The Kier molecular flexibility index (Phi) is 6.23. The minimum atomic E-state index is -4.39. The lowest BCUT2D eigenvalue weighted by atomic mass is 10.1. The molecule has 3 N–H and O–H groups in total. The number of H-pyrrole nitrogens is 1. The molecule has 0 saturated heterocycles. The van der Waals surface area contributed by atoms with Gasteiger partial charge in [-0.05, 0) is 30.5 Å². The molecule has 150 valence electrons. The lowest BCUT2D eigenvalue weighted by Crippen LogP contribution is -2.39. The van der Waals surface area contributed by atoms with Crippen LogP contribution in [0, 0.1) is 6.92 Å². The lowest BCUT2D eigenvalue weighted by Gasteiger charge is -2.11. The number of aliphatic imine (C=N–C) groups is 1. The van der Waals surface area contributed by atoms with Crippen LogP contribution in [0.4, 0.5) is 13.2 Å². The summed E-state index contributed by atoms with van der Waals surface area (Å²) in [6.07, 6.45) is -1.14. The van der Waals surface area contributed by atoms with E-state index in [2.05, 4.69) is 50.7 Å². The van der Waals surface area contributed by atoms with Crippen LogP contribution in [-0.4, -0.2) is 36.1 Å². The van der Waals surface area contributed by atoms with E-state index in [0.717, 1.165) is 28.7 Å². The zero-order valence-electron chi connectivity index (χ0n) is 15.7. The fourth-order valence-corrected chi connectivity index (χ4v) is 3.69. The molecule has 28 heavy (non-hydrogen) atoms. The zero-order chi connectivity index (χ0) is 20.1. The van der Waals surface area contributed by atoms with Gasteiger partial charge in [-0.15, -0.1) is 11.3 Å². The van der Waals surface area contributed by atoms with Gasteiger partial charge in [0.05, 0.1) is 5.01 Å². The highest BCUT2D eigenvalue weighted by molar-refractivity contribution is 7.09. The Morgan fingerprint density at radius 3 is 2.64 bits per heavy atom. The van der Waals surface area contributed by atoms with Crippen molar-refractivity contribution in [2.45, 2.75) is 25.9 Å². The molecule has 9 heteroatoms. The topological polar surface area (TPSA) is 65.1 Å². The summed E-state index contributed by atoms with van der Waals surface area (Å²) in [4.78, 5) is 11.1. The van der Waals surface area contributed by atoms with Crippen molar-refractivity contribution in [3.8, 4) is 0 Å². The highest BCUT2D eigenvalue weighted by atomic mass is 32.1. The molecule has 0 atom stereocenters. The summed E-state index contributed by atoms with van der Waals surface area (Å²) in [5.74, 6) is 0.614. The van der Waals surface area contributed by atoms with E-state index in [9.17, 15) is 13.2 Å². The van der Waals surface area contributed by atoms with Gasteiger partial charge in [0, 0.05) is 49.0 Å². The monoisotopic (exact) mass is 409 g/mol. The number of aryl methyl sites for hydroxylation is 1. The predicted molar refractivity (Wildman–Crippen MR) is 107 cm³/mol. The van der Waals surface area contributed by atoms with Crippen molar-refractivity contribution in [1.29, 1.82) is 0 Å². The molecule has 0 amide bonds. The lowest BCUT2D eigenvalue weighted by molar-refractivity contribution is -0.140. The minimum Gasteiger partial charge on any atom is -0.361 e. The maximum atomic E-state index is 12.6. The molecule has 0 bridgehead atoms. The molecule has 0 radical (unpaired) electrons. The van der Waals surface area contributed by atoms with Crippen LogP contribution < -0.4 is 10.6 Å². The molecule has 0 fully saturated rings. The van der Waals surface area contributed by atoms with E-state index >= 15 is 0 Å². The molecule has 0 unspecified atom stereocenters. The molecule has 5 nitrogen and oxygen atoms in total. The molecular formula is C19H22F3N5S. The molecule has 0 saturated carbocycles. The normalized spacial score (nSPS) is 12.5. The number of alkyl halides is 3. The van der Waals surface area contributed by atoms with Crippen LogP contribution in [0.1, 0.15) is 21.8 Å². The van der Waals surface area contributed by atoms with E-state index in [0.29, 0.717) is 30.5 Å². The third-order valence-corrected chi connectivity index (χ3v) is 5.22. The predicted octanol–water partition coefficient (Wildman–Crippen LogP) is 3.90. The maximum absolute atomic E-state index is 12.6. The third kappa shape index (κ3) is 5.03. The summed E-state index contributed by atoms with van der Waals surface area (Å²) >= 11 is 1.02. The molecule has 0 spiro atoms. The molecule has 0 aliphatic carbocycles. The molecule has 1 aromatic carbocycles. The van der Waals surface area contributed by atoms with E-state index in [1.807, 2.05) is 6.20 Å². The molecule has 3 aromatic rings. The molecule has 0 aliphatic heterocycles. The highest BCUT2D eigenvalue weighted by Crippen LogP contribution is 2.30. The van der Waals surface area contributed by atoms with Crippen molar-refractivity contribution in [3.05, 3.63) is 51.6 Å². The van der Waals surface area contributed by atoms with Crippen LogP contribution in [-0.2, 0) is 19.0 Å². The van der Waals surface area contributed by atoms with E-state index < -0.39 is 11.9 Å². The standard InChI is InChI=1S/C19H22F3N5S/c1-12-3-4-14-13(10-26-15(14)9-12)5-7-24-18(23-2)25-8-6-17-27-16(11-28-17)19(20,21)22/h3-4,9-11,26H,5-8H2,1-2H3,(H2,23,24,25). The Balaban J connectivity index is 1.45. The van der Waals surface area contributed by atoms with Gasteiger partial charge in [0.25, 0.3) is 0 Å². The second-order valence-electron chi connectivity index (χ2n) is 6.41. The fraction of sp³-hybridized carbons (Fsp3) is 0.368. The molecule has 2 aromatic heterocycles. The van der Waals surface area contributed by atoms with Gasteiger partial charge in [-0.1, -0.05) is 12.1 Å². The number of halogens is 3. The molecule has 2 heterocycles. The number of aromatic amines is 1. The first-order chi connectivity index (χ1) is 13.4. The van der Waals surface area contributed by atoms with Crippen LogP contribution in [0.25, 0.3) is 10.9 Å². The van der Waals surface area contributed by atoms with Gasteiger partial charge in [0.2, 0.25) is 0 Å². The Morgan fingerprint density at radius 1 is 1.21 bits per heavy atom. The first-order valence-corrected chi connectivity index (χ1v) is 9.77. The summed E-state index contributed by atoms with van der Waals surface area (Å²) in [7, 11) is 1.66. The number of fused-ring (bicyclic) bond motifs is 1. The minimum absolute atomic E-state index is 0.406. The van der Waals surface area contributed by atoms with Crippen molar-refractivity contribution in [3.63, 3.8) is 0 Å². The first-order valence-electron chi connectivity index (χ1n) is 8.89. The van der Waals surface area contributed by atoms with Gasteiger partial charge in [-0.2, -0.15) is 13.2 Å². The molecule has 0 aliphatic rings. The number of rotatable bonds is 6. The number of benzene rings is 1. The molecule has 3 rings (SSSR count). The van der Waals surface area contributed by atoms with Crippen molar-refractivity contribution in [1.82, 2.24) is 20.6 Å². The van der Waals surface area contributed by atoms with E-state index in [4.69, 9.17) is 0 Å². The maximum Gasteiger partial charge on any atom is 0.434 e. The van der Waals surface area contributed by atoms with E-state index in [1.54, 1.807) is 7.05 Å². The summed E-state index contributed by atoms with van der Waals surface area (Å²) in [5, 5.41) is 9.04. The van der Waals surface area contributed by atoms with Crippen molar-refractivity contribution in [2.75, 3.05) is 20.1 Å². The smallest absolute Gasteiger partial charge is 0.361 e. The number of hydrogen-bond donors (Lipinski definition) is 3. The fourth-order valence-electron chi connectivity index (χ4n) is 2.89. The number of nitrogens with one attached hydrogen (secondary N) is 3. The number of hydrogen-bond acceptors (Lipinski definition) is 3. The third-order valence-electron chi connectivity index (χ3n) is 4.31. The van der Waals surface area contributed by atoms with Crippen LogP contribution in [0.5, 0.6) is 0 Å². The average molecular weight is 409 g/mol. The van der Waals surface area contributed by atoms with Crippen molar-refractivity contribution < 1.29 is 13.2 Å². The van der Waals surface area contributed by atoms with Crippen molar-refractivity contribution in [2.24, 2.45) is 4.99 Å². The van der Waals surface area contributed by atoms with Gasteiger partial charge >= 0.3 is 6.18 Å². The Labute approximate surface area is 165 Å². The van der Waals surface area contributed by atoms with Gasteiger partial charge < -0.3 is 15.6 Å². The number of guanidine groups is 1. The summed E-state index contributed by atoms with van der Waals surface area (Å²) in [6.45, 7) is 3.21. The quantitative estimate of drug-likeness (QED) is 0.427. The Morgan fingerprint density at radius 2 is 1.96 bits per heavy atom. The van der Waals surface area contributed by atoms with Crippen LogP contribution >= 0.6 is 11.3 Å². The second kappa shape index (κ2) is 8.64. The van der Waals surface area contributed by atoms with Crippen LogP contribution in [0.3, 0.4) is 0 Å². The molecular weight excluding hydrogens is 387 g/mol. The largest absolute Gasteiger partial charge is 0.434 e. The first kappa shape index (κ1) is 20.2. The average Bonchev–Trinajstić information content (AvgIpc) is 3.27. The number of aromatic nitrogens is 2. The van der Waals surface area contributed by atoms with Crippen molar-refractivity contribution >= 4 is 28.2 Å². The summed E-state index contributed by atoms with van der Waals surface area (Å²) in [6, 6.07) is 6.33. The van der Waals surface area contributed by atoms with E-state index in [1.165, 1.54) is 16.5 Å². The van der Waals surface area contributed by atoms with Gasteiger partial charge in [0.1, 0.15) is 0 Å². The SMILES string of the molecule is CN=C(NCCc1nc(C(F)(F)F)cs1)NCCc1c[nH]c2cc(C)ccc12. The van der Waals surface area contributed by atoms with Gasteiger partial charge in [0.15, 0.2) is 11.7 Å². The Hall–Kier alpha value is -2.55. The summed E-state index contributed by atoms with van der Waals surface area (Å²) in [5.41, 5.74) is 2.73. The van der Waals surface area contributed by atoms with Crippen LogP contribution in [0.2, 0.25) is 0 Å². The van der Waals surface area contributed by atoms with E-state index in [-0.39, 0.29) is 0 Å². The number of thiazole rings is 1. The number of nitrogens with zero attached hydrogens (tertiary/aromatic N) is 2. The second-order valence-corrected chi connectivity index (χ2v) is 7.36. The summed E-state index contributed by atoms with van der Waals surface area (Å²) < 4.78 is 37.7. The Bertz CT molecular complexity index is 958. The highest BCUT2D eigenvalue weighted by Gasteiger charge is 2.33.